The quantitative estimate of drug-likeness (QED) is 0.748. The van der Waals surface area contributed by atoms with Gasteiger partial charge in [-0.3, -0.25) is 14.2 Å². The number of nitrogens with two attached hydrogens (primary N) is 1. The molecule has 2 rings (SSSR count). The van der Waals surface area contributed by atoms with Crippen LogP contribution >= 0.6 is 23.1 Å². The summed E-state index contributed by atoms with van der Waals surface area (Å²) >= 11 is 2.71. The van der Waals surface area contributed by atoms with E-state index in [0.717, 1.165) is 4.88 Å². The number of rotatable bonds is 6. The topological polar surface area (TPSA) is 103 Å². The van der Waals surface area contributed by atoms with E-state index < -0.39 is 5.91 Å². The van der Waals surface area contributed by atoms with Crippen LogP contribution in [0.2, 0.25) is 0 Å². The zero-order valence-electron chi connectivity index (χ0n) is 10.7. The van der Waals surface area contributed by atoms with Gasteiger partial charge in [-0.15, -0.1) is 21.5 Å². The molecule has 20 heavy (non-hydrogen) atoms. The number of thioether (sulfide) groups is 1. The summed E-state index contributed by atoms with van der Waals surface area (Å²) in [5.41, 5.74) is 5.26. The minimum absolute atomic E-state index is 0.0175. The molecule has 2 amide bonds. The molecule has 0 saturated heterocycles. The molecule has 0 unspecified atom stereocenters. The Balaban J connectivity index is 2.27. The van der Waals surface area contributed by atoms with Gasteiger partial charge in [0, 0.05) is 7.05 Å². The Bertz CT molecular complexity index is 608. The fourth-order valence-electron chi connectivity index (χ4n) is 1.48. The molecule has 3 N–H and O–H groups in total. The number of amides is 2. The van der Waals surface area contributed by atoms with Crippen LogP contribution < -0.4 is 11.1 Å². The Morgan fingerprint density at radius 3 is 2.90 bits per heavy atom. The molecule has 0 aromatic carbocycles. The third-order valence-corrected chi connectivity index (χ3v) is 4.22. The summed E-state index contributed by atoms with van der Waals surface area (Å²) in [6.45, 7) is -0.0175. The van der Waals surface area contributed by atoms with Crippen LogP contribution in [0.4, 0.5) is 0 Å². The Morgan fingerprint density at radius 2 is 2.30 bits per heavy atom. The van der Waals surface area contributed by atoms with E-state index in [9.17, 15) is 9.59 Å². The predicted octanol–water partition coefficient (Wildman–Crippen LogP) is 0.330. The fourth-order valence-corrected chi connectivity index (χ4v) is 3.01. The van der Waals surface area contributed by atoms with E-state index in [1.165, 1.54) is 23.1 Å². The normalized spacial score (nSPS) is 10.4. The molecule has 2 aromatic heterocycles. The molecule has 2 aromatic rings. The molecule has 0 aliphatic rings. The molecule has 2 heterocycles. The Hall–Kier alpha value is -1.87. The van der Waals surface area contributed by atoms with Crippen LogP contribution in [0.1, 0.15) is 0 Å². The number of nitrogens with zero attached hydrogens (tertiary/aromatic N) is 3. The second kappa shape index (κ2) is 6.53. The lowest BCUT2D eigenvalue weighted by atomic mass is 10.4. The van der Waals surface area contributed by atoms with E-state index in [1.807, 2.05) is 17.5 Å². The summed E-state index contributed by atoms with van der Waals surface area (Å²) in [6, 6.07) is 3.78. The second-order valence-electron chi connectivity index (χ2n) is 3.80. The molecule has 0 aliphatic heterocycles. The van der Waals surface area contributed by atoms with E-state index in [0.29, 0.717) is 11.0 Å². The van der Waals surface area contributed by atoms with Gasteiger partial charge in [0.2, 0.25) is 11.8 Å². The lowest BCUT2D eigenvalue weighted by Gasteiger charge is -2.06. The molecule has 7 nitrogen and oxygen atoms in total. The number of aromatic nitrogens is 3. The Labute approximate surface area is 123 Å². The maximum Gasteiger partial charge on any atom is 0.237 e. The van der Waals surface area contributed by atoms with Crippen LogP contribution in [0.15, 0.2) is 22.7 Å². The zero-order valence-corrected chi connectivity index (χ0v) is 12.3. The van der Waals surface area contributed by atoms with Crippen LogP contribution in [0.3, 0.4) is 0 Å². The maximum absolute atomic E-state index is 11.3. The van der Waals surface area contributed by atoms with Crippen molar-refractivity contribution in [2.24, 2.45) is 5.73 Å². The van der Waals surface area contributed by atoms with Crippen LogP contribution in [0.5, 0.6) is 0 Å². The summed E-state index contributed by atoms with van der Waals surface area (Å²) in [5, 5.41) is 13.0. The van der Waals surface area contributed by atoms with Crippen molar-refractivity contribution in [1.82, 2.24) is 20.1 Å². The largest absolute Gasteiger partial charge is 0.368 e. The fraction of sp³-hybridized carbons (Fsp3) is 0.273. The van der Waals surface area contributed by atoms with E-state index in [4.69, 9.17) is 5.73 Å². The van der Waals surface area contributed by atoms with Gasteiger partial charge in [0.05, 0.1) is 10.6 Å². The first-order chi connectivity index (χ1) is 9.61. The number of hydrogen-bond acceptors (Lipinski definition) is 6. The van der Waals surface area contributed by atoms with Crippen molar-refractivity contribution in [2.75, 3.05) is 12.8 Å². The molecular weight excluding hydrogens is 298 g/mol. The number of carbonyl (C=O) groups excluding carboxylic acids is 2. The molecule has 0 bridgehead atoms. The number of carbonyl (C=O) groups is 2. The van der Waals surface area contributed by atoms with Crippen LogP contribution in [0, 0.1) is 0 Å². The molecule has 0 fully saturated rings. The van der Waals surface area contributed by atoms with Crippen molar-refractivity contribution < 1.29 is 9.59 Å². The highest BCUT2D eigenvalue weighted by Crippen LogP contribution is 2.26. The van der Waals surface area contributed by atoms with Gasteiger partial charge in [0.15, 0.2) is 11.0 Å². The Morgan fingerprint density at radius 1 is 1.50 bits per heavy atom. The lowest BCUT2D eigenvalue weighted by molar-refractivity contribution is -0.119. The molecule has 9 heteroatoms. The first-order valence-corrected chi connectivity index (χ1v) is 7.57. The molecule has 0 aliphatic carbocycles. The van der Waals surface area contributed by atoms with E-state index in [2.05, 4.69) is 15.5 Å². The van der Waals surface area contributed by atoms with Crippen LogP contribution in [-0.4, -0.2) is 39.4 Å². The number of hydrogen-bond donors (Lipinski definition) is 2. The average Bonchev–Trinajstić information content (AvgIpc) is 3.04. The third kappa shape index (κ3) is 3.36. The van der Waals surface area contributed by atoms with Crippen molar-refractivity contribution in [2.45, 2.75) is 11.7 Å². The second-order valence-corrected chi connectivity index (χ2v) is 5.69. The average molecular weight is 311 g/mol. The van der Waals surface area contributed by atoms with Crippen molar-refractivity contribution in [1.29, 1.82) is 0 Å². The summed E-state index contributed by atoms with van der Waals surface area (Å²) in [6.07, 6.45) is 0. The number of primary amides is 1. The number of thiophene rings is 1. The molecule has 106 valence electrons. The molecular formula is C11H13N5O2S2. The first-order valence-electron chi connectivity index (χ1n) is 5.70. The van der Waals surface area contributed by atoms with Crippen molar-refractivity contribution in [3.63, 3.8) is 0 Å². The number of nitrogens with one attached hydrogen (secondary N) is 1. The van der Waals surface area contributed by atoms with Crippen LogP contribution in [-0.2, 0) is 16.1 Å². The van der Waals surface area contributed by atoms with Gasteiger partial charge < -0.3 is 11.1 Å². The highest BCUT2D eigenvalue weighted by Gasteiger charge is 2.17. The minimum atomic E-state index is -0.482. The lowest BCUT2D eigenvalue weighted by Crippen LogP contribution is -2.22. The van der Waals surface area contributed by atoms with Gasteiger partial charge in [-0.1, -0.05) is 17.8 Å². The summed E-state index contributed by atoms with van der Waals surface area (Å²) in [4.78, 5) is 23.4. The van der Waals surface area contributed by atoms with Crippen molar-refractivity contribution in [3.8, 4) is 10.7 Å². The maximum atomic E-state index is 11.3. The zero-order chi connectivity index (χ0) is 14.5. The molecule has 0 saturated carbocycles. The molecule has 0 spiro atoms. The summed E-state index contributed by atoms with van der Waals surface area (Å²) in [5.74, 6) is 0.182. The highest BCUT2D eigenvalue weighted by molar-refractivity contribution is 7.99. The third-order valence-electron chi connectivity index (χ3n) is 2.38. The van der Waals surface area contributed by atoms with E-state index >= 15 is 0 Å². The summed E-state index contributed by atoms with van der Waals surface area (Å²) in [7, 11) is 1.56. The van der Waals surface area contributed by atoms with Crippen molar-refractivity contribution >= 4 is 34.9 Å². The standard InChI is InChI=1S/C11H13N5O2S2/c1-13-9(18)6-20-11-15-14-10(7-3-2-4-19-7)16(11)5-8(12)17/h2-4H,5-6H2,1H3,(H2,12,17)(H,13,18). The molecule has 0 atom stereocenters. The van der Waals surface area contributed by atoms with E-state index in [1.54, 1.807) is 11.6 Å². The predicted molar refractivity (Wildman–Crippen MR) is 77.3 cm³/mol. The summed E-state index contributed by atoms with van der Waals surface area (Å²) < 4.78 is 1.63. The first kappa shape index (κ1) is 14.5. The van der Waals surface area contributed by atoms with Crippen LogP contribution in [0.25, 0.3) is 10.7 Å². The SMILES string of the molecule is CNC(=O)CSc1nnc(-c2cccs2)n1CC(N)=O. The molecule has 0 radical (unpaired) electrons. The van der Waals surface area contributed by atoms with E-state index in [-0.39, 0.29) is 18.2 Å². The minimum Gasteiger partial charge on any atom is -0.368 e. The van der Waals surface area contributed by atoms with Gasteiger partial charge in [-0.2, -0.15) is 0 Å². The smallest absolute Gasteiger partial charge is 0.237 e. The van der Waals surface area contributed by atoms with Gasteiger partial charge in [0.25, 0.3) is 0 Å². The van der Waals surface area contributed by atoms with Crippen molar-refractivity contribution in [3.05, 3.63) is 17.5 Å². The van der Waals surface area contributed by atoms with Gasteiger partial charge in [-0.05, 0) is 11.4 Å². The van der Waals surface area contributed by atoms with Gasteiger partial charge in [0.1, 0.15) is 6.54 Å². The van der Waals surface area contributed by atoms with Gasteiger partial charge in [-0.25, -0.2) is 0 Å². The highest BCUT2D eigenvalue weighted by atomic mass is 32.2. The van der Waals surface area contributed by atoms with Gasteiger partial charge >= 0.3 is 0 Å². The monoisotopic (exact) mass is 311 g/mol. The Kier molecular flexibility index (Phi) is 4.74.